The molecule has 3 aromatic rings. The van der Waals surface area contributed by atoms with E-state index in [1.54, 1.807) is 18.2 Å². The Labute approximate surface area is 178 Å². The topological polar surface area (TPSA) is 93.9 Å². The first-order valence-electron chi connectivity index (χ1n) is 9.82. The first kappa shape index (κ1) is 21.1. The molecule has 0 aliphatic carbocycles. The molecule has 2 heterocycles. The Morgan fingerprint density at radius 2 is 1.81 bits per heavy atom. The van der Waals surface area contributed by atoms with Gasteiger partial charge in [-0.3, -0.25) is 4.79 Å². The SMILES string of the molecule is O=C(Nc1cccc(-c2nnc3n2CCCCC3)c1)c1ccc(S(=O)(=O)C(F)F)cc1. The molecule has 162 valence electrons. The van der Waals surface area contributed by atoms with Crippen LogP contribution in [0.5, 0.6) is 0 Å². The molecule has 0 atom stereocenters. The molecule has 0 saturated carbocycles. The number of carbonyl (C=O) groups excluding carboxylic acids is 1. The lowest BCUT2D eigenvalue weighted by Gasteiger charge is -2.10. The van der Waals surface area contributed by atoms with Gasteiger partial charge in [0.05, 0.1) is 4.90 Å². The van der Waals surface area contributed by atoms with Crippen LogP contribution in [0.25, 0.3) is 11.4 Å². The highest BCUT2D eigenvalue weighted by molar-refractivity contribution is 7.91. The molecule has 7 nitrogen and oxygen atoms in total. The Morgan fingerprint density at radius 1 is 1.03 bits per heavy atom. The number of sulfone groups is 1. The third-order valence-corrected chi connectivity index (χ3v) is 6.57. The zero-order valence-electron chi connectivity index (χ0n) is 16.5. The number of rotatable bonds is 5. The van der Waals surface area contributed by atoms with Gasteiger partial charge in [-0.05, 0) is 49.2 Å². The number of nitrogens with one attached hydrogen (secondary N) is 1. The van der Waals surface area contributed by atoms with Gasteiger partial charge < -0.3 is 9.88 Å². The number of carbonyl (C=O) groups is 1. The molecule has 1 aliphatic heterocycles. The minimum absolute atomic E-state index is 0.148. The fourth-order valence-electron chi connectivity index (χ4n) is 3.54. The lowest BCUT2D eigenvalue weighted by atomic mass is 10.1. The summed E-state index contributed by atoms with van der Waals surface area (Å²) in [6.45, 7) is 0.849. The number of amides is 1. The monoisotopic (exact) mass is 446 g/mol. The van der Waals surface area contributed by atoms with Crippen molar-refractivity contribution >= 4 is 21.4 Å². The van der Waals surface area contributed by atoms with Crippen LogP contribution in [0, 0.1) is 0 Å². The summed E-state index contributed by atoms with van der Waals surface area (Å²) < 4.78 is 50.4. The van der Waals surface area contributed by atoms with E-state index in [9.17, 15) is 22.0 Å². The van der Waals surface area contributed by atoms with Gasteiger partial charge in [0, 0.05) is 29.8 Å². The highest BCUT2D eigenvalue weighted by Crippen LogP contribution is 2.25. The van der Waals surface area contributed by atoms with E-state index in [0.29, 0.717) is 5.69 Å². The van der Waals surface area contributed by atoms with Crippen molar-refractivity contribution in [3.05, 3.63) is 59.9 Å². The second-order valence-electron chi connectivity index (χ2n) is 7.27. The summed E-state index contributed by atoms with van der Waals surface area (Å²) in [6, 6.07) is 11.6. The summed E-state index contributed by atoms with van der Waals surface area (Å²) in [5.74, 6) is -2.30. The number of hydrogen-bond acceptors (Lipinski definition) is 5. The van der Waals surface area contributed by atoms with Crippen LogP contribution in [-0.2, 0) is 22.8 Å². The van der Waals surface area contributed by atoms with Crippen molar-refractivity contribution in [2.24, 2.45) is 0 Å². The van der Waals surface area contributed by atoms with Gasteiger partial charge in [-0.15, -0.1) is 10.2 Å². The normalized spacial score (nSPS) is 14.2. The second-order valence-corrected chi connectivity index (χ2v) is 9.18. The zero-order valence-corrected chi connectivity index (χ0v) is 17.3. The maximum absolute atomic E-state index is 12.6. The largest absolute Gasteiger partial charge is 0.341 e. The molecule has 0 saturated heterocycles. The van der Waals surface area contributed by atoms with E-state index in [2.05, 4.69) is 20.1 Å². The maximum Gasteiger partial charge on any atom is 0.341 e. The number of hydrogen-bond donors (Lipinski definition) is 1. The van der Waals surface area contributed by atoms with Crippen LogP contribution in [-0.4, -0.2) is 34.8 Å². The number of benzene rings is 2. The number of alkyl halides is 2. The van der Waals surface area contributed by atoms with Gasteiger partial charge in [-0.2, -0.15) is 8.78 Å². The van der Waals surface area contributed by atoms with Crippen LogP contribution in [0.1, 0.15) is 35.4 Å². The van der Waals surface area contributed by atoms with Crippen molar-refractivity contribution in [3.8, 4) is 11.4 Å². The van der Waals surface area contributed by atoms with Crippen molar-refractivity contribution in [2.45, 2.75) is 42.9 Å². The van der Waals surface area contributed by atoms with Gasteiger partial charge in [0.25, 0.3) is 5.91 Å². The summed E-state index contributed by atoms with van der Waals surface area (Å²) >= 11 is 0. The van der Waals surface area contributed by atoms with Gasteiger partial charge in [-0.1, -0.05) is 18.6 Å². The van der Waals surface area contributed by atoms with E-state index < -0.39 is 26.4 Å². The van der Waals surface area contributed by atoms with E-state index in [-0.39, 0.29) is 5.56 Å². The first-order valence-corrected chi connectivity index (χ1v) is 11.4. The molecule has 2 aromatic carbocycles. The van der Waals surface area contributed by atoms with Crippen LogP contribution in [0.3, 0.4) is 0 Å². The molecular weight excluding hydrogens is 426 g/mol. The standard InChI is InChI=1S/C21H20F2N4O3S/c22-21(23)31(29,30)17-10-8-14(9-11-17)20(28)24-16-6-4-5-15(13-16)19-26-25-18-7-2-1-3-12-27(18)19/h4-6,8-11,13,21H,1-3,7,12H2,(H,24,28). The van der Waals surface area contributed by atoms with E-state index in [0.717, 1.165) is 61.6 Å². The third kappa shape index (κ3) is 4.34. The van der Waals surface area contributed by atoms with Gasteiger partial charge >= 0.3 is 5.76 Å². The number of anilines is 1. The summed E-state index contributed by atoms with van der Waals surface area (Å²) in [5.41, 5.74) is 1.49. The lowest BCUT2D eigenvalue weighted by Crippen LogP contribution is -2.14. The quantitative estimate of drug-likeness (QED) is 0.641. The first-order chi connectivity index (χ1) is 14.9. The fourth-order valence-corrected chi connectivity index (χ4v) is 4.26. The molecule has 31 heavy (non-hydrogen) atoms. The maximum atomic E-state index is 12.6. The molecular formula is C21H20F2N4O3S. The Kier molecular flexibility index (Phi) is 5.81. The molecule has 1 N–H and O–H groups in total. The minimum Gasteiger partial charge on any atom is -0.322 e. The number of fused-ring (bicyclic) bond motifs is 1. The summed E-state index contributed by atoms with van der Waals surface area (Å²) in [5, 5.41) is 11.4. The highest BCUT2D eigenvalue weighted by Gasteiger charge is 2.26. The van der Waals surface area contributed by atoms with Crippen LogP contribution in [0.4, 0.5) is 14.5 Å². The molecule has 1 aromatic heterocycles. The third-order valence-electron chi connectivity index (χ3n) is 5.17. The smallest absolute Gasteiger partial charge is 0.322 e. The van der Waals surface area contributed by atoms with Crippen molar-refractivity contribution in [1.82, 2.24) is 14.8 Å². The Balaban J connectivity index is 1.53. The van der Waals surface area contributed by atoms with E-state index in [1.807, 2.05) is 6.07 Å². The molecule has 0 spiro atoms. The molecule has 0 radical (unpaired) electrons. The van der Waals surface area contributed by atoms with Crippen LogP contribution in [0.2, 0.25) is 0 Å². The lowest BCUT2D eigenvalue weighted by molar-refractivity contribution is 0.102. The predicted molar refractivity (Wildman–Crippen MR) is 111 cm³/mol. The Morgan fingerprint density at radius 3 is 2.55 bits per heavy atom. The molecule has 0 unspecified atom stereocenters. The van der Waals surface area contributed by atoms with Crippen molar-refractivity contribution in [1.29, 1.82) is 0 Å². The second kappa shape index (κ2) is 8.54. The molecule has 4 rings (SSSR count). The fraction of sp³-hybridized carbons (Fsp3) is 0.286. The molecule has 1 aliphatic rings. The number of halogens is 2. The van der Waals surface area contributed by atoms with Gasteiger partial charge in [0.15, 0.2) is 5.82 Å². The molecule has 1 amide bonds. The highest BCUT2D eigenvalue weighted by atomic mass is 32.2. The average Bonchev–Trinajstić information content (AvgIpc) is 3.02. The van der Waals surface area contributed by atoms with Crippen molar-refractivity contribution in [2.75, 3.05) is 5.32 Å². The van der Waals surface area contributed by atoms with Crippen molar-refractivity contribution in [3.63, 3.8) is 0 Å². The summed E-state index contributed by atoms with van der Waals surface area (Å²) in [6.07, 6.45) is 4.19. The minimum atomic E-state index is -4.70. The average molecular weight is 446 g/mol. The molecule has 10 heteroatoms. The van der Waals surface area contributed by atoms with Crippen LogP contribution >= 0.6 is 0 Å². The van der Waals surface area contributed by atoms with E-state index in [4.69, 9.17) is 0 Å². The van der Waals surface area contributed by atoms with Crippen LogP contribution in [0.15, 0.2) is 53.4 Å². The summed E-state index contributed by atoms with van der Waals surface area (Å²) in [7, 11) is -4.70. The van der Waals surface area contributed by atoms with Gasteiger partial charge in [0.2, 0.25) is 9.84 Å². The van der Waals surface area contributed by atoms with Crippen molar-refractivity contribution < 1.29 is 22.0 Å². The Bertz CT molecular complexity index is 1210. The number of aryl methyl sites for hydroxylation is 1. The Hall–Kier alpha value is -3.14. The summed E-state index contributed by atoms with van der Waals surface area (Å²) in [4.78, 5) is 12.0. The number of aromatic nitrogens is 3. The van der Waals surface area contributed by atoms with E-state index in [1.165, 1.54) is 12.1 Å². The zero-order chi connectivity index (χ0) is 22.0. The molecule has 0 bridgehead atoms. The van der Waals surface area contributed by atoms with Gasteiger partial charge in [0.1, 0.15) is 5.82 Å². The van der Waals surface area contributed by atoms with E-state index >= 15 is 0 Å². The van der Waals surface area contributed by atoms with Crippen LogP contribution < -0.4 is 5.32 Å². The molecule has 0 fully saturated rings. The predicted octanol–water partition coefficient (Wildman–Crippen LogP) is 3.92. The number of nitrogens with zero attached hydrogens (tertiary/aromatic N) is 3. The van der Waals surface area contributed by atoms with Gasteiger partial charge in [-0.25, -0.2) is 8.42 Å².